The Bertz CT molecular complexity index is 1060. The molecule has 0 radical (unpaired) electrons. The van der Waals surface area contributed by atoms with Crippen LogP contribution in [0.4, 0.5) is 22.0 Å². The average Bonchev–Trinajstić information content (AvgIpc) is 2.82. The molecule has 3 N–H and O–H groups in total. The van der Waals surface area contributed by atoms with Crippen molar-refractivity contribution in [3.63, 3.8) is 0 Å². The first-order valence-corrected chi connectivity index (χ1v) is 11.3. The summed E-state index contributed by atoms with van der Waals surface area (Å²) >= 11 is 0. The molecule has 0 bridgehead atoms. The van der Waals surface area contributed by atoms with Gasteiger partial charge in [0, 0.05) is 32.4 Å². The van der Waals surface area contributed by atoms with E-state index in [0.29, 0.717) is 29.0 Å². The molecule has 3 amide bonds. The van der Waals surface area contributed by atoms with Crippen LogP contribution in [-0.4, -0.2) is 79.3 Å². The third-order valence-electron chi connectivity index (χ3n) is 4.60. The standard InChI is InChI=1S/C18H20N6O2.CH4O3S/c1-22-9-11-23(12-10-22)21-18(26)24-15-7-3-2-5-13(15)17(25)20-14-6-4-8-19-16(14)24;1-5(2,3)4/h2-8H,9-12H2,1H3,(H,20,25)(H,21,26);1H3,(H,2,3,4). The van der Waals surface area contributed by atoms with E-state index in [1.165, 1.54) is 4.90 Å². The van der Waals surface area contributed by atoms with Crippen molar-refractivity contribution in [2.75, 3.05) is 49.7 Å². The lowest BCUT2D eigenvalue weighted by molar-refractivity contribution is 0.102. The van der Waals surface area contributed by atoms with Crippen LogP contribution in [0.1, 0.15) is 10.4 Å². The van der Waals surface area contributed by atoms with Crippen LogP contribution in [0.15, 0.2) is 42.6 Å². The van der Waals surface area contributed by atoms with Crippen LogP contribution < -0.4 is 15.6 Å². The van der Waals surface area contributed by atoms with Crippen LogP contribution in [0.25, 0.3) is 0 Å². The zero-order chi connectivity index (χ0) is 22.6. The molecule has 0 atom stereocenters. The second kappa shape index (κ2) is 9.39. The van der Waals surface area contributed by atoms with Gasteiger partial charge in [-0.05, 0) is 31.3 Å². The molecule has 0 unspecified atom stereocenters. The Labute approximate surface area is 180 Å². The Morgan fingerprint density at radius 1 is 1.13 bits per heavy atom. The van der Waals surface area contributed by atoms with Gasteiger partial charge in [-0.3, -0.25) is 14.8 Å². The summed E-state index contributed by atoms with van der Waals surface area (Å²) in [6, 6.07) is 10.2. The Morgan fingerprint density at radius 2 is 1.77 bits per heavy atom. The van der Waals surface area contributed by atoms with Crippen molar-refractivity contribution in [1.29, 1.82) is 0 Å². The number of urea groups is 1. The Balaban J connectivity index is 0.000000491. The summed E-state index contributed by atoms with van der Waals surface area (Å²) in [6.07, 6.45) is 2.32. The number of hydrazine groups is 1. The first kappa shape index (κ1) is 22.6. The van der Waals surface area contributed by atoms with E-state index in [1.54, 1.807) is 42.6 Å². The van der Waals surface area contributed by atoms with Crippen LogP contribution in [0, 0.1) is 0 Å². The van der Waals surface area contributed by atoms with Crippen LogP contribution in [0.2, 0.25) is 0 Å². The molecule has 1 fully saturated rings. The van der Waals surface area contributed by atoms with Gasteiger partial charge in [-0.1, -0.05) is 12.1 Å². The van der Waals surface area contributed by atoms with Crippen molar-refractivity contribution < 1.29 is 22.6 Å². The molecule has 1 saturated heterocycles. The van der Waals surface area contributed by atoms with Crippen molar-refractivity contribution in [1.82, 2.24) is 20.3 Å². The fourth-order valence-corrected chi connectivity index (χ4v) is 3.15. The largest absolute Gasteiger partial charge is 0.342 e. The van der Waals surface area contributed by atoms with Crippen molar-refractivity contribution in [3.05, 3.63) is 48.2 Å². The molecule has 4 rings (SSSR count). The number of aromatic nitrogens is 1. The van der Waals surface area contributed by atoms with Gasteiger partial charge in [-0.2, -0.15) is 8.42 Å². The number of anilines is 3. The number of nitrogens with zero attached hydrogens (tertiary/aromatic N) is 4. The molecule has 1 aromatic carbocycles. The highest BCUT2D eigenvalue weighted by Crippen LogP contribution is 2.36. The molecule has 11 nitrogen and oxygen atoms in total. The first-order chi connectivity index (χ1) is 14.6. The van der Waals surface area contributed by atoms with Crippen LogP contribution in [-0.2, 0) is 10.1 Å². The molecule has 12 heteroatoms. The predicted molar refractivity (Wildman–Crippen MR) is 116 cm³/mol. The van der Waals surface area contributed by atoms with Crippen LogP contribution in [0.3, 0.4) is 0 Å². The maximum atomic E-state index is 13.1. The van der Waals surface area contributed by atoms with Crippen molar-refractivity contribution in [2.45, 2.75) is 0 Å². The van der Waals surface area contributed by atoms with Gasteiger partial charge in [-0.25, -0.2) is 19.7 Å². The number of amides is 3. The number of hydrogen-bond donors (Lipinski definition) is 3. The SMILES string of the molecule is CN1CCN(NC(=O)N2c3ccccc3C(=O)Nc3cccnc32)CC1.CS(=O)(=O)O. The summed E-state index contributed by atoms with van der Waals surface area (Å²) in [7, 11) is -1.61. The van der Waals surface area contributed by atoms with Crippen molar-refractivity contribution in [2.24, 2.45) is 0 Å². The number of para-hydroxylation sites is 1. The van der Waals surface area contributed by atoms with Gasteiger partial charge in [0.1, 0.15) is 0 Å². The summed E-state index contributed by atoms with van der Waals surface area (Å²) < 4.78 is 25.9. The highest BCUT2D eigenvalue weighted by Gasteiger charge is 2.31. The van der Waals surface area contributed by atoms with Crippen molar-refractivity contribution >= 4 is 39.2 Å². The number of likely N-dealkylation sites (N-methyl/N-ethyl adjacent to an activating group) is 1. The number of pyridine rings is 1. The third-order valence-corrected chi connectivity index (χ3v) is 4.60. The second-order valence-corrected chi connectivity index (χ2v) is 8.59. The van der Waals surface area contributed by atoms with Gasteiger partial charge in [0.2, 0.25) is 0 Å². The minimum atomic E-state index is -3.67. The summed E-state index contributed by atoms with van der Waals surface area (Å²) in [5.41, 5.74) is 4.39. The summed E-state index contributed by atoms with van der Waals surface area (Å²) in [5, 5.41) is 4.73. The molecular weight excluding hydrogens is 424 g/mol. The Kier molecular flexibility index (Phi) is 6.85. The number of fused-ring (bicyclic) bond motifs is 2. The molecule has 0 saturated carbocycles. The summed E-state index contributed by atoms with van der Waals surface area (Å²) in [6.45, 7) is 3.24. The van der Waals surface area contributed by atoms with Gasteiger partial charge >= 0.3 is 6.03 Å². The normalized spacial score (nSPS) is 16.7. The number of benzene rings is 1. The fraction of sp³-hybridized carbons (Fsp3) is 0.316. The van der Waals surface area contributed by atoms with E-state index in [1.807, 2.05) is 5.01 Å². The molecular formula is C19H24N6O5S. The molecule has 31 heavy (non-hydrogen) atoms. The summed E-state index contributed by atoms with van der Waals surface area (Å²) in [5.74, 6) is 0.141. The monoisotopic (exact) mass is 448 g/mol. The zero-order valence-corrected chi connectivity index (χ0v) is 18.0. The Morgan fingerprint density at radius 3 is 2.45 bits per heavy atom. The lowest BCUT2D eigenvalue weighted by atomic mass is 10.1. The van der Waals surface area contributed by atoms with Crippen LogP contribution >= 0.6 is 0 Å². The maximum absolute atomic E-state index is 13.1. The Hall–Kier alpha value is -3.06. The zero-order valence-electron chi connectivity index (χ0n) is 17.1. The first-order valence-electron chi connectivity index (χ1n) is 9.45. The van der Waals surface area contributed by atoms with Gasteiger partial charge < -0.3 is 10.2 Å². The van der Waals surface area contributed by atoms with E-state index in [-0.39, 0.29) is 11.9 Å². The van der Waals surface area contributed by atoms with Gasteiger partial charge in [0.05, 0.1) is 23.2 Å². The summed E-state index contributed by atoms with van der Waals surface area (Å²) in [4.78, 5) is 33.7. The van der Waals surface area contributed by atoms with E-state index in [0.717, 1.165) is 26.2 Å². The molecule has 3 heterocycles. The molecule has 1 aromatic heterocycles. The topological polar surface area (TPSA) is 135 Å². The van der Waals surface area contributed by atoms with Crippen LogP contribution in [0.5, 0.6) is 0 Å². The number of piperazine rings is 1. The third kappa shape index (κ3) is 5.98. The fourth-order valence-electron chi connectivity index (χ4n) is 3.15. The highest BCUT2D eigenvalue weighted by atomic mass is 32.2. The van der Waals surface area contributed by atoms with E-state index < -0.39 is 10.1 Å². The van der Waals surface area contributed by atoms with Gasteiger partial charge in [0.25, 0.3) is 16.0 Å². The maximum Gasteiger partial charge on any atom is 0.342 e. The minimum absolute atomic E-state index is 0.259. The number of carbonyl (C=O) groups excluding carboxylic acids is 2. The second-order valence-electron chi connectivity index (χ2n) is 7.12. The minimum Gasteiger partial charge on any atom is -0.319 e. The molecule has 0 aliphatic carbocycles. The number of hydrogen-bond acceptors (Lipinski definition) is 7. The molecule has 166 valence electrons. The van der Waals surface area contributed by atoms with Gasteiger partial charge in [0.15, 0.2) is 5.82 Å². The van der Waals surface area contributed by atoms with E-state index in [4.69, 9.17) is 4.55 Å². The number of carbonyl (C=O) groups is 2. The highest BCUT2D eigenvalue weighted by molar-refractivity contribution is 7.85. The predicted octanol–water partition coefficient (Wildman–Crippen LogP) is 1.16. The molecule has 0 spiro atoms. The van der Waals surface area contributed by atoms with E-state index >= 15 is 0 Å². The quantitative estimate of drug-likeness (QED) is 0.553. The molecule has 2 aliphatic rings. The lowest BCUT2D eigenvalue weighted by Gasteiger charge is -2.34. The number of rotatable bonds is 1. The van der Waals surface area contributed by atoms with E-state index in [9.17, 15) is 18.0 Å². The van der Waals surface area contributed by atoms with Crippen molar-refractivity contribution in [3.8, 4) is 0 Å². The van der Waals surface area contributed by atoms with E-state index in [2.05, 4.69) is 27.7 Å². The lowest BCUT2D eigenvalue weighted by Crippen LogP contribution is -2.55. The molecule has 2 aromatic rings. The average molecular weight is 449 g/mol. The smallest absolute Gasteiger partial charge is 0.319 e. The van der Waals surface area contributed by atoms with Gasteiger partial charge in [-0.15, -0.1) is 0 Å². The number of nitrogens with one attached hydrogen (secondary N) is 2. The molecule has 2 aliphatic heterocycles.